The van der Waals surface area contributed by atoms with Crippen LogP contribution < -0.4 is 0 Å². The van der Waals surface area contributed by atoms with E-state index in [9.17, 15) is 0 Å². The molecule has 3 aromatic rings. The summed E-state index contributed by atoms with van der Waals surface area (Å²) in [6.07, 6.45) is 5.39. The topological polar surface area (TPSA) is 41.6 Å². The van der Waals surface area contributed by atoms with E-state index in [1.54, 1.807) is 12.4 Å². The largest absolute Gasteiger partial charge is 0.358 e. The van der Waals surface area contributed by atoms with Gasteiger partial charge in [-0.05, 0) is 18.2 Å². The third kappa shape index (κ3) is 0.839. The SMILES string of the molecule is c1cc2c(ccc3[nH]ccnc32)n1. The van der Waals surface area contributed by atoms with E-state index in [-0.39, 0.29) is 0 Å². The van der Waals surface area contributed by atoms with Crippen molar-refractivity contribution in [1.82, 2.24) is 15.0 Å². The van der Waals surface area contributed by atoms with Crippen molar-refractivity contribution in [2.24, 2.45) is 0 Å². The summed E-state index contributed by atoms with van der Waals surface area (Å²) in [7, 11) is 0. The summed E-state index contributed by atoms with van der Waals surface area (Å²) in [5.41, 5.74) is 3.03. The molecule has 62 valence electrons. The van der Waals surface area contributed by atoms with E-state index in [0.717, 1.165) is 21.9 Å². The molecule has 0 unspecified atom stereocenters. The molecule has 0 spiro atoms. The molecule has 0 radical (unpaired) electrons. The van der Waals surface area contributed by atoms with Crippen molar-refractivity contribution >= 4 is 21.9 Å². The second-order valence-corrected chi connectivity index (χ2v) is 2.93. The van der Waals surface area contributed by atoms with Gasteiger partial charge in [0.1, 0.15) is 0 Å². The van der Waals surface area contributed by atoms with Crippen LogP contribution in [0, 0.1) is 0 Å². The Bertz CT molecular complexity index is 568. The van der Waals surface area contributed by atoms with Crippen LogP contribution in [0.5, 0.6) is 0 Å². The first-order valence-electron chi connectivity index (χ1n) is 4.12. The molecule has 0 saturated carbocycles. The third-order valence-electron chi connectivity index (χ3n) is 2.17. The molecule has 2 aromatic heterocycles. The number of benzene rings is 1. The van der Waals surface area contributed by atoms with E-state index in [1.165, 1.54) is 0 Å². The smallest absolute Gasteiger partial charge is 0.0959 e. The first-order valence-corrected chi connectivity index (χ1v) is 4.12. The Morgan fingerprint density at radius 2 is 2.00 bits per heavy atom. The van der Waals surface area contributed by atoms with Gasteiger partial charge in [-0.25, -0.2) is 0 Å². The van der Waals surface area contributed by atoms with Gasteiger partial charge in [0.05, 0.1) is 16.6 Å². The van der Waals surface area contributed by atoms with Crippen LogP contribution in [0.25, 0.3) is 21.9 Å². The van der Waals surface area contributed by atoms with Gasteiger partial charge >= 0.3 is 0 Å². The molecule has 3 nitrogen and oxygen atoms in total. The lowest BCUT2D eigenvalue weighted by Gasteiger charge is -1.96. The fourth-order valence-corrected chi connectivity index (χ4v) is 1.56. The van der Waals surface area contributed by atoms with Gasteiger partial charge in [0.25, 0.3) is 0 Å². The highest BCUT2D eigenvalue weighted by Crippen LogP contribution is 2.20. The van der Waals surface area contributed by atoms with E-state index in [1.807, 2.05) is 24.4 Å². The lowest BCUT2D eigenvalue weighted by atomic mass is 10.2. The van der Waals surface area contributed by atoms with Crippen LogP contribution in [0.15, 0.2) is 36.8 Å². The molecule has 0 bridgehead atoms. The number of aromatic nitrogens is 3. The Labute approximate surface area is 74.4 Å². The van der Waals surface area contributed by atoms with Crippen LogP contribution in [-0.4, -0.2) is 15.0 Å². The predicted molar refractivity (Wildman–Crippen MR) is 51.4 cm³/mol. The molecule has 1 N–H and O–H groups in total. The summed E-state index contributed by atoms with van der Waals surface area (Å²) in [4.78, 5) is 11.7. The minimum atomic E-state index is 0.984. The average Bonchev–Trinajstić information content (AvgIpc) is 2.65. The second-order valence-electron chi connectivity index (χ2n) is 2.93. The Morgan fingerprint density at radius 3 is 3.00 bits per heavy atom. The van der Waals surface area contributed by atoms with Crippen LogP contribution >= 0.6 is 0 Å². The highest BCUT2D eigenvalue weighted by Gasteiger charge is 2.01. The predicted octanol–water partition coefficient (Wildman–Crippen LogP) is 2.11. The van der Waals surface area contributed by atoms with E-state index < -0.39 is 0 Å². The molecule has 0 saturated heterocycles. The normalized spacial score (nSPS) is 11.1. The standard InChI is InChI=1S/C10H7N3/c1-2-9-10(13-6-5-12-9)7-3-4-11-8(1)7/h1-6,12H. The van der Waals surface area contributed by atoms with Gasteiger partial charge < -0.3 is 4.98 Å². The zero-order valence-electron chi connectivity index (χ0n) is 6.86. The molecule has 0 amide bonds. The molecule has 0 aliphatic heterocycles. The molecule has 0 fully saturated rings. The zero-order valence-corrected chi connectivity index (χ0v) is 6.86. The summed E-state index contributed by atoms with van der Waals surface area (Å²) >= 11 is 0. The molecule has 13 heavy (non-hydrogen) atoms. The Kier molecular flexibility index (Phi) is 1.16. The minimum Gasteiger partial charge on any atom is -0.358 e. The molecule has 0 aliphatic rings. The van der Waals surface area contributed by atoms with Crippen molar-refractivity contribution in [3.05, 3.63) is 36.8 Å². The lowest BCUT2D eigenvalue weighted by molar-refractivity contribution is 1.30. The Morgan fingerprint density at radius 1 is 1.00 bits per heavy atom. The molecule has 3 rings (SSSR count). The van der Waals surface area contributed by atoms with E-state index in [4.69, 9.17) is 0 Å². The lowest BCUT2D eigenvalue weighted by Crippen LogP contribution is -1.81. The molecule has 2 heterocycles. The highest BCUT2D eigenvalue weighted by atomic mass is 14.8. The van der Waals surface area contributed by atoms with Gasteiger partial charge in [0.15, 0.2) is 0 Å². The van der Waals surface area contributed by atoms with Crippen LogP contribution in [0.3, 0.4) is 0 Å². The van der Waals surface area contributed by atoms with Crippen LogP contribution in [0.2, 0.25) is 0 Å². The first-order chi connectivity index (χ1) is 6.45. The number of aromatic amines is 1. The Hall–Kier alpha value is -1.90. The number of hydrogen-bond acceptors (Lipinski definition) is 2. The number of fused-ring (bicyclic) bond motifs is 3. The fraction of sp³-hybridized carbons (Fsp3) is 0. The number of H-pyrrole nitrogens is 1. The van der Waals surface area contributed by atoms with Gasteiger partial charge in [-0.1, -0.05) is 0 Å². The monoisotopic (exact) mass is 169 g/mol. The van der Waals surface area contributed by atoms with E-state index >= 15 is 0 Å². The highest BCUT2D eigenvalue weighted by molar-refractivity contribution is 6.02. The summed E-state index contributed by atoms with van der Waals surface area (Å²) < 4.78 is 0. The van der Waals surface area contributed by atoms with Crippen molar-refractivity contribution in [2.45, 2.75) is 0 Å². The first kappa shape index (κ1) is 6.60. The second kappa shape index (κ2) is 2.29. The van der Waals surface area contributed by atoms with E-state index in [2.05, 4.69) is 15.0 Å². The van der Waals surface area contributed by atoms with Crippen LogP contribution in [0.1, 0.15) is 0 Å². The quantitative estimate of drug-likeness (QED) is 0.560. The Balaban J connectivity index is 2.65. The maximum atomic E-state index is 4.31. The summed E-state index contributed by atoms with van der Waals surface area (Å²) in [6.45, 7) is 0. The van der Waals surface area contributed by atoms with Crippen LogP contribution in [-0.2, 0) is 0 Å². The molecule has 3 heteroatoms. The van der Waals surface area contributed by atoms with Crippen molar-refractivity contribution in [2.75, 3.05) is 0 Å². The molecular formula is C10H7N3. The summed E-state index contributed by atoms with van der Waals surface area (Å²) in [6, 6.07) is 5.98. The summed E-state index contributed by atoms with van der Waals surface area (Å²) in [5.74, 6) is 0. The van der Waals surface area contributed by atoms with Gasteiger partial charge in [0, 0.05) is 24.0 Å². The number of nitrogens with one attached hydrogen (secondary N) is 1. The minimum absolute atomic E-state index is 0.984. The number of hydrogen-bond donors (Lipinski definition) is 1. The van der Waals surface area contributed by atoms with Crippen molar-refractivity contribution in [3.8, 4) is 0 Å². The zero-order chi connectivity index (χ0) is 8.67. The van der Waals surface area contributed by atoms with Gasteiger partial charge in [-0.15, -0.1) is 0 Å². The maximum absolute atomic E-state index is 4.31. The fourth-order valence-electron chi connectivity index (χ4n) is 1.56. The van der Waals surface area contributed by atoms with Gasteiger partial charge in [-0.3, -0.25) is 9.97 Å². The van der Waals surface area contributed by atoms with Gasteiger partial charge in [0.2, 0.25) is 0 Å². The van der Waals surface area contributed by atoms with Crippen LogP contribution in [0.4, 0.5) is 0 Å². The number of nitrogens with zero attached hydrogens (tertiary/aromatic N) is 2. The van der Waals surface area contributed by atoms with E-state index in [0.29, 0.717) is 0 Å². The molecular weight excluding hydrogens is 162 g/mol. The molecule has 0 aliphatic carbocycles. The average molecular weight is 169 g/mol. The maximum Gasteiger partial charge on any atom is 0.0959 e. The van der Waals surface area contributed by atoms with Crippen molar-refractivity contribution in [3.63, 3.8) is 0 Å². The third-order valence-corrected chi connectivity index (χ3v) is 2.17. The van der Waals surface area contributed by atoms with Crippen molar-refractivity contribution in [1.29, 1.82) is 0 Å². The molecule has 0 atom stereocenters. The number of rotatable bonds is 0. The van der Waals surface area contributed by atoms with Crippen molar-refractivity contribution < 1.29 is 0 Å². The molecule has 1 aromatic carbocycles. The summed E-state index contributed by atoms with van der Waals surface area (Å²) in [5, 5.41) is 1.11. The van der Waals surface area contributed by atoms with Gasteiger partial charge in [-0.2, -0.15) is 0 Å².